The zero-order chi connectivity index (χ0) is 20.8. The number of nitrogens with one attached hydrogen (secondary N) is 2. The Morgan fingerprint density at radius 1 is 0.742 bits per heavy atom. The zero-order valence-electron chi connectivity index (χ0n) is 17.1. The van der Waals surface area contributed by atoms with Crippen LogP contribution in [0, 0.1) is 0 Å². The standard InChI is InChI=1S/C26H21N5/c1-26(8-10-27-11-9-26)24-15-23-14-21-5-4-19(29-21)12-17-2-3-18(28-17)13-20-6-7-22(30-20)16-25(24)31-23/h2-8,10-16,29,31H,9H2,1H3. The average molecular weight is 403 g/mol. The number of H-pyrrole nitrogens is 2. The Balaban J connectivity index is 1.66. The maximum absolute atomic E-state index is 4.79. The molecule has 3 aliphatic heterocycles. The van der Waals surface area contributed by atoms with E-state index in [0.29, 0.717) is 0 Å². The minimum absolute atomic E-state index is 0.120. The molecule has 0 amide bonds. The number of aliphatic imine (C=N–C) groups is 1. The minimum atomic E-state index is -0.120. The summed E-state index contributed by atoms with van der Waals surface area (Å²) in [7, 11) is 0. The van der Waals surface area contributed by atoms with Crippen molar-refractivity contribution < 1.29 is 0 Å². The van der Waals surface area contributed by atoms with Crippen molar-refractivity contribution in [3.05, 3.63) is 83.1 Å². The van der Waals surface area contributed by atoms with Crippen LogP contribution in [-0.4, -0.2) is 26.2 Å². The molecule has 6 rings (SSSR count). The van der Waals surface area contributed by atoms with Gasteiger partial charge in [0.1, 0.15) is 0 Å². The van der Waals surface area contributed by atoms with Gasteiger partial charge in [-0.05, 0) is 78.8 Å². The molecule has 0 saturated heterocycles. The van der Waals surface area contributed by atoms with Crippen molar-refractivity contribution in [3.63, 3.8) is 0 Å². The summed E-state index contributed by atoms with van der Waals surface area (Å²) < 4.78 is 0. The fraction of sp³-hybridized carbons (Fsp3) is 0.115. The molecule has 5 heteroatoms. The quantitative estimate of drug-likeness (QED) is 0.366. The molecule has 2 N–H and O–H groups in total. The summed E-state index contributed by atoms with van der Waals surface area (Å²) in [6.07, 6.45) is 15.0. The van der Waals surface area contributed by atoms with Gasteiger partial charge in [0.05, 0.1) is 22.8 Å². The van der Waals surface area contributed by atoms with Crippen molar-refractivity contribution in [3.8, 4) is 0 Å². The first kappa shape index (κ1) is 17.8. The smallest absolute Gasteiger partial charge is 0.0659 e. The van der Waals surface area contributed by atoms with Gasteiger partial charge in [0.2, 0.25) is 0 Å². The van der Waals surface area contributed by atoms with Gasteiger partial charge in [0.25, 0.3) is 0 Å². The summed E-state index contributed by atoms with van der Waals surface area (Å²) in [5, 5.41) is 0. The lowest BCUT2D eigenvalue weighted by molar-refractivity contribution is 0.628. The Morgan fingerprint density at radius 3 is 2.13 bits per heavy atom. The Labute approximate surface area is 179 Å². The van der Waals surface area contributed by atoms with Crippen LogP contribution in [0.1, 0.15) is 41.7 Å². The lowest BCUT2D eigenvalue weighted by Crippen LogP contribution is -2.20. The predicted octanol–water partition coefficient (Wildman–Crippen LogP) is 5.90. The van der Waals surface area contributed by atoms with E-state index >= 15 is 0 Å². The molecule has 6 heterocycles. The van der Waals surface area contributed by atoms with Gasteiger partial charge in [0, 0.05) is 39.9 Å². The Kier molecular flexibility index (Phi) is 3.90. The molecule has 31 heavy (non-hydrogen) atoms. The highest BCUT2D eigenvalue weighted by Gasteiger charge is 2.26. The maximum atomic E-state index is 4.79. The Bertz CT molecular complexity index is 1480. The SMILES string of the molecule is CC1(c2cc3cc4ccc(cc5nc(cc6nc(cc2[nH]3)C=C6)C=C5)[nH]4)C=CN=CC1. The first-order valence-electron chi connectivity index (χ1n) is 10.4. The third kappa shape index (κ3) is 3.34. The van der Waals surface area contributed by atoms with Crippen molar-refractivity contribution in [1.29, 1.82) is 0 Å². The van der Waals surface area contributed by atoms with E-state index in [4.69, 9.17) is 4.98 Å². The minimum Gasteiger partial charge on any atom is -0.355 e. The van der Waals surface area contributed by atoms with Crippen LogP contribution in [0.2, 0.25) is 0 Å². The van der Waals surface area contributed by atoms with Crippen molar-refractivity contribution in [2.24, 2.45) is 4.99 Å². The lowest BCUT2D eigenvalue weighted by atomic mass is 9.79. The molecular formula is C26H21N5. The monoisotopic (exact) mass is 403 g/mol. The van der Waals surface area contributed by atoms with Crippen molar-refractivity contribution >= 4 is 52.6 Å². The van der Waals surface area contributed by atoms with Crippen molar-refractivity contribution in [2.75, 3.05) is 0 Å². The van der Waals surface area contributed by atoms with Crippen LogP contribution in [0.5, 0.6) is 0 Å². The zero-order valence-corrected chi connectivity index (χ0v) is 17.1. The number of hydrogen-bond donors (Lipinski definition) is 2. The number of aromatic nitrogens is 4. The molecular weight excluding hydrogens is 382 g/mol. The first-order valence-corrected chi connectivity index (χ1v) is 10.4. The van der Waals surface area contributed by atoms with E-state index in [1.807, 2.05) is 42.8 Å². The van der Waals surface area contributed by atoms with Crippen molar-refractivity contribution in [1.82, 2.24) is 19.9 Å². The van der Waals surface area contributed by atoms with Gasteiger partial charge in [-0.25, -0.2) is 9.97 Å². The van der Waals surface area contributed by atoms with Crippen LogP contribution in [0.15, 0.2) is 59.7 Å². The van der Waals surface area contributed by atoms with E-state index in [2.05, 4.69) is 69.3 Å². The second-order valence-electron chi connectivity index (χ2n) is 8.36. The molecule has 0 spiro atoms. The van der Waals surface area contributed by atoms with E-state index in [1.54, 1.807) is 0 Å². The van der Waals surface area contributed by atoms with Gasteiger partial charge in [-0.15, -0.1) is 0 Å². The fourth-order valence-electron chi connectivity index (χ4n) is 4.27. The van der Waals surface area contributed by atoms with E-state index in [0.717, 1.165) is 51.3 Å². The summed E-state index contributed by atoms with van der Waals surface area (Å²) in [5.74, 6) is 0. The largest absolute Gasteiger partial charge is 0.355 e. The topological polar surface area (TPSA) is 69.7 Å². The number of rotatable bonds is 1. The number of nitrogens with zero attached hydrogens (tertiary/aromatic N) is 3. The molecule has 3 aromatic heterocycles. The molecule has 5 nitrogen and oxygen atoms in total. The summed E-state index contributed by atoms with van der Waals surface area (Å²) in [5.41, 5.74) is 8.94. The molecule has 0 saturated carbocycles. The highest BCUT2D eigenvalue weighted by atomic mass is 14.8. The molecule has 0 aromatic carbocycles. The number of allylic oxidation sites excluding steroid dienone is 1. The lowest BCUT2D eigenvalue weighted by Gasteiger charge is -2.25. The number of aromatic amines is 2. The third-order valence-corrected chi connectivity index (χ3v) is 5.93. The highest BCUT2D eigenvalue weighted by Crippen LogP contribution is 2.34. The van der Waals surface area contributed by atoms with Gasteiger partial charge in [-0.3, -0.25) is 4.99 Å². The summed E-state index contributed by atoms with van der Waals surface area (Å²) >= 11 is 0. The van der Waals surface area contributed by atoms with Gasteiger partial charge < -0.3 is 9.97 Å². The molecule has 0 fully saturated rings. The Hall–Kier alpha value is -3.99. The van der Waals surface area contributed by atoms with E-state index in [1.165, 1.54) is 5.56 Å². The van der Waals surface area contributed by atoms with Crippen LogP contribution in [-0.2, 0) is 5.41 Å². The van der Waals surface area contributed by atoms with Gasteiger partial charge in [-0.2, -0.15) is 0 Å². The molecule has 3 aliphatic rings. The van der Waals surface area contributed by atoms with E-state index < -0.39 is 0 Å². The molecule has 150 valence electrons. The van der Waals surface area contributed by atoms with Crippen LogP contribution in [0.4, 0.5) is 0 Å². The van der Waals surface area contributed by atoms with Gasteiger partial charge in [-0.1, -0.05) is 13.0 Å². The first-order chi connectivity index (χ1) is 15.1. The summed E-state index contributed by atoms with van der Waals surface area (Å²) in [6.45, 7) is 2.25. The van der Waals surface area contributed by atoms with Crippen LogP contribution < -0.4 is 0 Å². The predicted molar refractivity (Wildman–Crippen MR) is 128 cm³/mol. The molecule has 3 aromatic rings. The van der Waals surface area contributed by atoms with Crippen LogP contribution in [0.3, 0.4) is 0 Å². The van der Waals surface area contributed by atoms with Crippen LogP contribution >= 0.6 is 0 Å². The maximum Gasteiger partial charge on any atom is 0.0659 e. The average Bonchev–Trinajstić information content (AvgIpc) is 3.53. The molecule has 0 aliphatic carbocycles. The van der Waals surface area contributed by atoms with Crippen LogP contribution in [0.25, 0.3) is 46.4 Å². The summed E-state index contributed by atoms with van der Waals surface area (Å²) in [4.78, 5) is 20.8. The van der Waals surface area contributed by atoms with Crippen molar-refractivity contribution in [2.45, 2.75) is 18.8 Å². The van der Waals surface area contributed by atoms with E-state index in [-0.39, 0.29) is 5.41 Å². The number of fused-ring (bicyclic) bond motifs is 8. The molecule has 1 atom stereocenters. The summed E-state index contributed by atoms with van der Waals surface area (Å²) in [6, 6.07) is 14.7. The normalized spacial score (nSPS) is 19.3. The molecule has 0 radical (unpaired) electrons. The Morgan fingerprint density at radius 2 is 1.42 bits per heavy atom. The van der Waals surface area contributed by atoms with Gasteiger partial charge in [0.15, 0.2) is 0 Å². The number of hydrogen-bond acceptors (Lipinski definition) is 3. The fourth-order valence-corrected chi connectivity index (χ4v) is 4.27. The highest BCUT2D eigenvalue weighted by molar-refractivity contribution is 5.79. The molecule has 8 bridgehead atoms. The molecule has 1 unspecified atom stereocenters. The van der Waals surface area contributed by atoms with E-state index in [9.17, 15) is 0 Å². The third-order valence-electron chi connectivity index (χ3n) is 5.93. The van der Waals surface area contributed by atoms with Gasteiger partial charge >= 0.3 is 0 Å². The second-order valence-corrected chi connectivity index (χ2v) is 8.36. The second kappa shape index (κ2) is 6.77.